The van der Waals surface area contributed by atoms with E-state index in [0.29, 0.717) is 13.1 Å². The minimum Gasteiger partial charge on any atom is -0.375 e. The van der Waals surface area contributed by atoms with E-state index >= 15 is 0 Å². The van der Waals surface area contributed by atoms with Crippen molar-refractivity contribution in [2.45, 2.75) is 25.1 Å². The lowest BCUT2D eigenvalue weighted by Gasteiger charge is -2.27. The summed E-state index contributed by atoms with van der Waals surface area (Å²) in [6.07, 6.45) is -4.02. The second-order valence-corrected chi connectivity index (χ2v) is 4.08. The van der Waals surface area contributed by atoms with Crippen molar-refractivity contribution in [3.05, 3.63) is 0 Å². The molecule has 0 saturated carbocycles. The number of hydrogen-bond donors (Lipinski definition) is 2. The molecule has 1 aliphatic heterocycles. The van der Waals surface area contributed by atoms with E-state index in [-0.39, 0.29) is 19.4 Å². The van der Waals surface area contributed by atoms with Gasteiger partial charge in [-0.15, -0.1) is 0 Å². The average molecular weight is 254 g/mol. The van der Waals surface area contributed by atoms with Crippen LogP contribution in [-0.4, -0.2) is 44.9 Å². The summed E-state index contributed by atoms with van der Waals surface area (Å²) < 4.78 is 43.0. The maximum atomic E-state index is 12.8. The van der Waals surface area contributed by atoms with Crippen LogP contribution < -0.4 is 10.6 Å². The Morgan fingerprint density at radius 2 is 2.06 bits per heavy atom. The Bertz CT molecular complexity index is 258. The van der Waals surface area contributed by atoms with Crippen molar-refractivity contribution in [2.24, 2.45) is 5.92 Å². The van der Waals surface area contributed by atoms with Crippen LogP contribution in [0.1, 0.15) is 12.8 Å². The molecule has 7 heteroatoms. The number of carbonyl (C=O) groups excluding carboxylic acids is 1. The van der Waals surface area contributed by atoms with Gasteiger partial charge in [-0.3, -0.25) is 4.79 Å². The van der Waals surface area contributed by atoms with Crippen LogP contribution in [0.2, 0.25) is 0 Å². The fraction of sp³-hybridized carbons (Fsp3) is 0.900. The lowest BCUT2D eigenvalue weighted by Crippen LogP contribution is -2.47. The minimum absolute atomic E-state index is 0.0125. The number of ether oxygens (including phenoxy) is 1. The molecule has 4 nitrogen and oxygen atoms in total. The van der Waals surface area contributed by atoms with Gasteiger partial charge in [0.1, 0.15) is 6.61 Å². The first-order chi connectivity index (χ1) is 7.95. The van der Waals surface area contributed by atoms with Gasteiger partial charge in [-0.25, -0.2) is 0 Å². The molecule has 2 N–H and O–H groups in total. The molecule has 0 radical (unpaired) electrons. The van der Waals surface area contributed by atoms with Crippen LogP contribution in [0.4, 0.5) is 13.2 Å². The average Bonchev–Trinajstić information content (AvgIpc) is 2.42. The highest BCUT2D eigenvalue weighted by Crippen LogP contribution is 2.33. The fourth-order valence-corrected chi connectivity index (χ4v) is 1.99. The quantitative estimate of drug-likeness (QED) is 0.778. The second kappa shape index (κ2) is 6.20. The summed E-state index contributed by atoms with van der Waals surface area (Å²) in [5.74, 6) is -1.99. The van der Waals surface area contributed by atoms with E-state index in [2.05, 4.69) is 15.4 Å². The van der Waals surface area contributed by atoms with E-state index < -0.39 is 24.0 Å². The Morgan fingerprint density at radius 1 is 1.41 bits per heavy atom. The Morgan fingerprint density at radius 3 is 2.65 bits per heavy atom. The number of alkyl halides is 3. The van der Waals surface area contributed by atoms with Crippen LogP contribution in [0.5, 0.6) is 0 Å². The lowest BCUT2D eigenvalue weighted by molar-refractivity contribution is -0.183. The van der Waals surface area contributed by atoms with E-state index in [4.69, 9.17) is 0 Å². The molecule has 0 aliphatic carbocycles. The molecule has 2 atom stereocenters. The van der Waals surface area contributed by atoms with Gasteiger partial charge in [-0.1, -0.05) is 0 Å². The van der Waals surface area contributed by atoms with Crippen molar-refractivity contribution in [3.8, 4) is 0 Å². The molecule has 0 aromatic rings. The minimum atomic E-state index is -4.28. The highest BCUT2D eigenvalue weighted by molar-refractivity contribution is 5.77. The maximum absolute atomic E-state index is 12.8. The molecule has 2 unspecified atom stereocenters. The van der Waals surface area contributed by atoms with Gasteiger partial charge in [0.05, 0.1) is 5.92 Å². The molecule has 0 aromatic heterocycles. The molecule has 1 amide bonds. The van der Waals surface area contributed by atoms with E-state index in [0.717, 1.165) is 0 Å². The summed E-state index contributed by atoms with van der Waals surface area (Å²) >= 11 is 0. The highest BCUT2D eigenvalue weighted by Gasteiger charge is 2.45. The third-order valence-electron chi connectivity index (χ3n) is 2.79. The van der Waals surface area contributed by atoms with Gasteiger partial charge in [0.25, 0.3) is 0 Å². The molecule has 1 aliphatic rings. The van der Waals surface area contributed by atoms with Crippen LogP contribution in [0.3, 0.4) is 0 Å². The number of amides is 1. The summed E-state index contributed by atoms with van der Waals surface area (Å²) in [6.45, 7) is 0.583. The molecule has 17 heavy (non-hydrogen) atoms. The Balaban J connectivity index is 2.65. The monoisotopic (exact) mass is 254 g/mol. The molecule has 1 rings (SSSR count). The summed E-state index contributed by atoms with van der Waals surface area (Å²) in [6, 6.07) is -0.868. The molecule has 0 bridgehead atoms. The number of methoxy groups -OCH3 is 1. The lowest BCUT2D eigenvalue weighted by atomic mass is 9.94. The van der Waals surface area contributed by atoms with E-state index in [1.165, 1.54) is 7.11 Å². The van der Waals surface area contributed by atoms with E-state index in [9.17, 15) is 18.0 Å². The standard InChI is InChI=1S/C10H17F3N2O2/c1-17-6-9(16)15-8-3-5-14-4-2-7(8)10(11,12)13/h7-8,14H,2-6H2,1H3,(H,15,16). The molecule has 1 fully saturated rings. The van der Waals surface area contributed by atoms with Crippen LogP contribution in [0.15, 0.2) is 0 Å². The van der Waals surface area contributed by atoms with Crippen molar-refractivity contribution in [1.82, 2.24) is 10.6 Å². The second-order valence-electron chi connectivity index (χ2n) is 4.08. The van der Waals surface area contributed by atoms with Gasteiger partial charge in [-0.2, -0.15) is 13.2 Å². The smallest absolute Gasteiger partial charge is 0.375 e. The largest absolute Gasteiger partial charge is 0.393 e. The molecule has 1 heterocycles. The zero-order valence-corrected chi connectivity index (χ0v) is 9.64. The van der Waals surface area contributed by atoms with Gasteiger partial charge in [0.2, 0.25) is 5.91 Å². The normalized spacial score (nSPS) is 26.4. The van der Waals surface area contributed by atoms with Crippen LogP contribution >= 0.6 is 0 Å². The Labute approximate surface area is 97.9 Å². The zero-order valence-electron chi connectivity index (χ0n) is 9.64. The van der Waals surface area contributed by atoms with Crippen LogP contribution in [-0.2, 0) is 9.53 Å². The summed E-state index contributed by atoms with van der Waals surface area (Å²) in [7, 11) is 1.33. The number of hydrogen-bond acceptors (Lipinski definition) is 3. The predicted octanol–water partition coefficient (Wildman–Crippen LogP) is 0.679. The van der Waals surface area contributed by atoms with Crippen molar-refractivity contribution < 1.29 is 22.7 Å². The first-order valence-corrected chi connectivity index (χ1v) is 5.51. The number of rotatable bonds is 3. The maximum Gasteiger partial charge on any atom is 0.393 e. The van der Waals surface area contributed by atoms with Gasteiger partial charge in [0, 0.05) is 13.2 Å². The van der Waals surface area contributed by atoms with Crippen LogP contribution in [0, 0.1) is 5.92 Å². The highest BCUT2D eigenvalue weighted by atomic mass is 19.4. The van der Waals surface area contributed by atoms with Crippen molar-refractivity contribution in [2.75, 3.05) is 26.8 Å². The summed E-state index contributed by atoms with van der Waals surface area (Å²) in [5.41, 5.74) is 0. The first-order valence-electron chi connectivity index (χ1n) is 5.51. The molecule has 0 spiro atoms. The van der Waals surface area contributed by atoms with Crippen LogP contribution in [0.25, 0.3) is 0 Å². The van der Waals surface area contributed by atoms with Gasteiger partial charge in [0.15, 0.2) is 0 Å². The van der Waals surface area contributed by atoms with E-state index in [1.807, 2.05) is 0 Å². The molecular formula is C10H17F3N2O2. The third kappa shape index (κ3) is 4.51. The van der Waals surface area contributed by atoms with Crippen molar-refractivity contribution in [3.63, 3.8) is 0 Å². The first kappa shape index (κ1) is 14.2. The molecule has 0 aromatic carbocycles. The number of carbonyl (C=O) groups is 1. The van der Waals surface area contributed by atoms with Gasteiger partial charge >= 0.3 is 6.18 Å². The third-order valence-corrected chi connectivity index (χ3v) is 2.79. The van der Waals surface area contributed by atoms with E-state index in [1.54, 1.807) is 0 Å². The number of nitrogens with one attached hydrogen (secondary N) is 2. The predicted molar refractivity (Wildman–Crippen MR) is 55.5 cm³/mol. The molecule has 100 valence electrons. The Kier molecular flexibility index (Phi) is 5.20. The van der Waals surface area contributed by atoms with Gasteiger partial charge in [-0.05, 0) is 25.9 Å². The summed E-state index contributed by atoms with van der Waals surface area (Å²) in [5, 5.41) is 5.29. The zero-order chi connectivity index (χ0) is 12.9. The van der Waals surface area contributed by atoms with Crippen molar-refractivity contribution in [1.29, 1.82) is 0 Å². The Hall–Kier alpha value is -0.820. The SMILES string of the molecule is COCC(=O)NC1CCNCCC1C(F)(F)F. The fourth-order valence-electron chi connectivity index (χ4n) is 1.99. The van der Waals surface area contributed by atoms with Gasteiger partial charge < -0.3 is 15.4 Å². The molecular weight excluding hydrogens is 237 g/mol. The molecule has 1 saturated heterocycles. The topological polar surface area (TPSA) is 50.4 Å². The number of halogens is 3. The van der Waals surface area contributed by atoms with Crippen molar-refractivity contribution >= 4 is 5.91 Å². The summed E-state index contributed by atoms with van der Waals surface area (Å²) in [4.78, 5) is 11.3.